The molecule has 1 unspecified atom stereocenters. The highest BCUT2D eigenvalue weighted by atomic mass is 16.5. The van der Waals surface area contributed by atoms with Gasteiger partial charge in [0.15, 0.2) is 0 Å². The van der Waals surface area contributed by atoms with E-state index in [1.807, 2.05) is 18.2 Å². The second kappa shape index (κ2) is 5.07. The largest absolute Gasteiger partial charge is 0.493 e. The van der Waals surface area contributed by atoms with Crippen molar-refractivity contribution in [3.63, 3.8) is 0 Å². The van der Waals surface area contributed by atoms with Crippen LogP contribution in [0.15, 0.2) is 48.5 Å². The third-order valence-corrected chi connectivity index (χ3v) is 3.60. The molecule has 0 amide bonds. The minimum absolute atomic E-state index is 0.403. The molecule has 96 valence electrons. The van der Waals surface area contributed by atoms with Crippen LogP contribution in [0.1, 0.15) is 17.0 Å². The number of hydrogen-bond acceptors (Lipinski definition) is 3. The lowest BCUT2D eigenvalue weighted by molar-refractivity contribution is 0.276. The van der Waals surface area contributed by atoms with Crippen molar-refractivity contribution in [3.05, 3.63) is 59.7 Å². The van der Waals surface area contributed by atoms with Crippen molar-refractivity contribution in [1.82, 2.24) is 0 Å². The SMILES string of the molecule is OB(O)c1ccccc1OCC1Cc2ccccc21. The Hall–Kier alpha value is -1.78. The highest BCUT2D eigenvalue weighted by Crippen LogP contribution is 2.34. The van der Waals surface area contributed by atoms with E-state index >= 15 is 0 Å². The van der Waals surface area contributed by atoms with Crippen molar-refractivity contribution in [2.75, 3.05) is 6.61 Å². The molecule has 0 radical (unpaired) electrons. The highest BCUT2D eigenvalue weighted by Gasteiger charge is 2.26. The van der Waals surface area contributed by atoms with Crippen LogP contribution in [0.5, 0.6) is 5.75 Å². The normalized spacial score (nSPS) is 16.4. The Morgan fingerprint density at radius 3 is 2.58 bits per heavy atom. The number of para-hydroxylation sites is 1. The van der Waals surface area contributed by atoms with E-state index in [0.29, 0.717) is 23.7 Å². The van der Waals surface area contributed by atoms with Crippen LogP contribution >= 0.6 is 0 Å². The molecule has 2 aromatic rings. The average Bonchev–Trinajstić information content (AvgIpc) is 2.40. The molecule has 0 aliphatic heterocycles. The summed E-state index contributed by atoms with van der Waals surface area (Å²) < 4.78 is 5.74. The van der Waals surface area contributed by atoms with Crippen molar-refractivity contribution in [2.45, 2.75) is 12.3 Å². The molecule has 0 aromatic heterocycles. The van der Waals surface area contributed by atoms with Gasteiger partial charge in [-0.15, -0.1) is 0 Å². The molecular weight excluding hydrogens is 239 g/mol. The molecule has 0 spiro atoms. The van der Waals surface area contributed by atoms with E-state index in [1.54, 1.807) is 18.2 Å². The van der Waals surface area contributed by atoms with Gasteiger partial charge in [-0.05, 0) is 23.6 Å². The van der Waals surface area contributed by atoms with Gasteiger partial charge in [0.2, 0.25) is 0 Å². The van der Waals surface area contributed by atoms with Gasteiger partial charge in [0.1, 0.15) is 5.75 Å². The van der Waals surface area contributed by atoms with Crippen molar-refractivity contribution < 1.29 is 14.8 Å². The van der Waals surface area contributed by atoms with E-state index in [2.05, 4.69) is 12.1 Å². The number of benzene rings is 2. The van der Waals surface area contributed by atoms with Crippen LogP contribution < -0.4 is 10.2 Å². The molecule has 4 heteroatoms. The van der Waals surface area contributed by atoms with E-state index in [0.717, 1.165) is 6.42 Å². The maximum absolute atomic E-state index is 9.27. The molecule has 19 heavy (non-hydrogen) atoms. The first-order valence-corrected chi connectivity index (χ1v) is 6.41. The topological polar surface area (TPSA) is 49.7 Å². The minimum atomic E-state index is -1.50. The highest BCUT2D eigenvalue weighted by molar-refractivity contribution is 6.59. The van der Waals surface area contributed by atoms with Gasteiger partial charge in [0, 0.05) is 11.4 Å². The van der Waals surface area contributed by atoms with Gasteiger partial charge in [0.05, 0.1) is 6.61 Å². The molecular formula is C15H15BO3. The van der Waals surface area contributed by atoms with Gasteiger partial charge < -0.3 is 14.8 Å². The van der Waals surface area contributed by atoms with E-state index < -0.39 is 7.12 Å². The van der Waals surface area contributed by atoms with Crippen LogP contribution in [0.25, 0.3) is 0 Å². The average molecular weight is 254 g/mol. The smallest absolute Gasteiger partial charge is 0.492 e. The molecule has 0 heterocycles. The first-order valence-electron chi connectivity index (χ1n) is 6.41. The summed E-state index contributed by atoms with van der Waals surface area (Å²) in [6.07, 6.45) is 1.03. The fourth-order valence-electron chi connectivity index (χ4n) is 2.53. The summed E-state index contributed by atoms with van der Waals surface area (Å²) in [5.74, 6) is 0.946. The molecule has 3 rings (SSSR count). The Labute approximate surface area is 112 Å². The second-order valence-electron chi connectivity index (χ2n) is 4.82. The lowest BCUT2D eigenvalue weighted by Crippen LogP contribution is -2.32. The van der Waals surface area contributed by atoms with E-state index in [4.69, 9.17) is 4.74 Å². The summed E-state index contributed by atoms with van der Waals surface area (Å²) in [6, 6.07) is 15.4. The Kier molecular flexibility index (Phi) is 3.28. The molecule has 1 aliphatic carbocycles. The van der Waals surface area contributed by atoms with Crippen LogP contribution in [0.3, 0.4) is 0 Å². The van der Waals surface area contributed by atoms with Crippen molar-refractivity contribution in [3.8, 4) is 5.75 Å². The molecule has 1 atom stereocenters. The molecule has 2 N–H and O–H groups in total. The molecule has 0 fully saturated rings. The van der Waals surface area contributed by atoms with E-state index in [-0.39, 0.29) is 0 Å². The molecule has 0 bridgehead atoms. The summed E-state index contributed by atoms with van der Waals surface area (Å²) in [5, 5.41) is 18.5. The lowest BCUT2D eigenvalue weighted by Gasteiger charge is -2.30. The van der Waals surface area contributed by atoms with Crippen molar-refractivity contribution in [2.24, 2.45) is 0 Å². The second-order valence-corrected chi connectivity index (χ2v) is 4.82. The van der Waals surface area contributed by atoms with Gasteiger partial charge in [0.25, 0.3) is 0 Å². The van der Waals surface area contributed by atoms with Crippen LogP contribution in [0.4, 0.5) is 0 Å². The summed E-state index contributed by atoms with van der Waals surface area (Å²) in [4.78, 5) is 0. The number of rotatable bonds is 4. The number of ether oxygens (including phenoxy) is 1. The predicted molar refractivity (Wildman–Crippen MR) is 74.6 cm³/mol. The van der Waals surface area contributed by atoms with E-state index in [1.165, 1.54) is 11.1 Å². The summed E-state index contributed by atoms with van der Waals surface area (Å²) in [5.41, 5.74) is 3.13. The number of fused-ring (bicyclic) bond motifs is 1. The Morgan fingerprint density at radius 2 is 1.79 bits per heavy atom. The standard InChI is InChI=1S/C15H15BO3/c17-16(18)14-7-3-4-8-15(14)19-10-12-9-11-5-1-2-6-13(11)12/h1-8,12,17-18H,9-10H2. The Balaban J connectivity index is 1.69. The molecule has 2 aromatic carbocycles. The van der Waals surface area contributed by atoms with Crippen LogP contribution in [0.2, 0.25) is 0 Å². The van der Waals surface area contributed by atoms with E-state index in [9.17, 15) is 10.0 Å². The predicted octanol–water partition coefficient (Wildman–Crippen LogP) is 1.09. The zero-order chi connectivity index (χ0) is 13.2. The van der Waals surface area contributed by atoms with Crippen LogP contribution in [-0.4, -0.2) is 23.8 Å². The van der Waals surface area contributed by atoms with Crippen LogP contribution in [-0.2, 0) is 6.42 Å². The molecule has 1 aliphatic rings. The summed E-state index contributed by atoms with van der Waals surface area (Å²) in [7, 11) is -1.50. The molecule has 3 nitrogen and oxygen atoms in total. The fourth-order valence-corrected chi connectivity index (χ4v) is 2.53. The zero-order valence-corrected chi connectivity index (χ0v) is 10.5. The molecule has 0 saturated heterocycles. The third-order valence-electron chi connectivity index (χ3n) is 3.60. The summed E-state index contributed by atoms with van der Waals surface area (Å²) >= 11 is 0. The molecule has 0 saturated carbocycles. The Morgan fingerprint density at radius 1 is 1.05 bits per heavy atom. The lowest BCUT2D eigenvalue weighted by atomic mass is 9.78. The quantitative estimate of drug-likeness (QED) is 0.803. The Bertz CT molecular complexity index is 583. The van der Waals surface area contributed by atoms with Gasteiger partial charge in [-0.1, -0.05) is 42.5 Å². The fraction of sp³-hybridized carbons (Fsp3) is 0.200. The van der Waals surface area contributed by atoms with Gasteiger partial charge in [-0.2, -0.15) is 0 Å². The first kappa shape index (κ1) is 12.3. The van der Waals surface area contributed by atoms with Crippen LogP contribution in [0, 0.1) is 0 Å². The first-order chi connectivity index (χ1) is 9.25. The van der Waals surface area contributed by atoms with Crippen molar-refractivity contribution >= 4 is 12.6 Å². The maximum atomic E-state index is 9.27. The van der Waals surface area contributed by atoms with Gasteiger partial charge >= 0.3 is 7.12 Å². The minimum Gasteiger partial charge on any atom is -0.493 e. The monoisotopic (exact) mass is 254 g/mol. The number of hydrogen-bond donors (Lipinski definition) is 2. The van der Waals surface area contributed by atoms with Crippen molar-refractivity contribution in [1.29, 1.82) is 0 Å². The third kappa shape index (κ3) is 2.37. The van der Waals surface area contributed by atoms with Gasteiger partial charge in [-0.25, -0.2) is 0 Å². The zero-order valence-electron chi connectivity index (χ0n) is 10.5. The van der Waals surface area contributed by atoms with Gasteiger partial charge in [-0.3, -0.25) is 0 Å². The summed E-state index contributed by atoms with van der Waals surface area (Å²) in [6.45, 7) is 0.570. The maximum Gasteiger partial charge on any atom is 0.492 e.